The molecule has 0 aliphatic rings. The van der Waals surface area contributed by atoms with E-state index in [4.69, 9.17) is 0 Å². The highest BCUT2D eigenvalue weighted by Gasteiger charge is 2.44. The third kappa shape index (κ3) is 1.34. The molecule has 0 aromatic rings. The van der Waals surface area contributed by atoms with Gasteiger partial charge in [-0.05, 0) is 0 Å². The molecule has 0 atom stereocenters. The second-order valence-electron chi connectivity index (χ2n) is 1.73. The van der Waals surface area contributed by atoms with Gasteiger partial charge in [-0.25, -0.2) is 0 Å². The Morgan fingerprint density at radius 3 is 1.56 bits per heavy atom. The van der Waals surface area contributed by atoms with Gasteiger partial charge in [-0.2, -0.15) is 0 Å². The molecule has 9 heavy (non-hydrogen) atoms. The minimum atomic E-state index is -2.31. The first-order chi connectivity index (χ1) is 3.89. The van der Waals surface area contributed by atoms with Crippen molar-refractivity contribution >= 4 is 0 Å². The van der Waals surface area contributed by atoms with E-state index in [-0.39, 0.29) is 0 Å². The largest absolute Gasteiger partial charge is 0.456 e. The zero-order chi connectivity index (χ0) is 7.65. The van der Waals surface area contributed by atoms with Crippen molar-refractivity contribution in [2.24, 2.45) is 0 Å². The van der Waals surface area contributed by atoms with Gasteiger partial charge in [-0.15, -0.1) is 0 Å². The Labute approximate surface area is 50.8 Å². The van der Waals surface area contributed by atoms with Crippen LogP contribution in [-0.2, 0) is 0 Å². The Morgan fingerprint density at radius 1 is 1.33 bits per heavy atom. The van der Waals surface area contributed by atoms with Crippen LogP contribution in [0.3, 0.4) is 0 Å². The Hall–Kier alpha value is -1.20. The third-order valence-corrected chi connectivity index (χ3v) is 0.787. The normalized spacial score (nSPS) is 10.9. The lowest BCUT2D eigenvalue weighted by molar-refractivity contribution is -0.777. The molecule has 0 aromatic carbocycles. The van der Waals surface area contributed by atoms with E-state index in [0.29, 0.717) is 0 Å². The monoisotopic (exact) mass is 133 g/mol. The maximum absolute atomic E-state index is 9.76. The van der Waals surface area contributed by atoms with Crippen molar-refractivity contribution in [1.82, 2.24) is 0 Å². The summed E-state index contributed by atoms with van der Waals surface area (Å²) in [6.45, 7) is 3.60. The standard InChI is InChI=1S/C3H5N2O4/c1-3(2,4(6)7)5(8)9/h1H2,2H3. The van der Waals surface area contributed by atoms with Crippen LogP contribution in [0.4, 0.5) is 0 Å². The van der Waals surface area contributed by atoms with E-state index >= 15 is 0 Å². The molecule has 0 N–H and O–H groups in total. The average molecular weight is 133 g/mol. The molecular formula is C3H5N2O4. The van der Waals surface area contributed by atoms with Crippen molar-refractivity contribution in [3.63, 3.8) is 0 Å². The van der Waals surface area contributed by atoms with Crippen LogP contribution in [0.2, 0.25) is 0 Å². The number of rotatable bonds is 2. The number of nitrogens with zero attached hydrogens (tertiary/aromatic N) is 2. The van der Waals surface area contributed by atoms with Crippen molar-refractivity contribution < 1.29 is 9.85 Å². The first kappa shape index (κ1) is 7.80. The molecule has 6 heteroatoms. The van der Waals surface area contributed by atoms with Crippen molar-refractivity contribution in [1.29, 1.82) is 0 Å². The Bertz CT molecular complexity index is 136. The molecule has 0 saturated heterocycles. The molecule has 0 aliphatic heterocycles. The Morgan fingerprint density at radius 2 is 1.56 bits per heavy atom. The summed E-state index contributed by atoms with van der Waals surface area (Å²) in [5.74, 6) is 0. The molecule has 0 bridgehead atoms. The highest BCUT2D eigenvalue weighted by Crippen LogP contribution is 2.05. The van der Waals surface area contributed by atoms with Gasteiger partial charge in [0, 0.05) is 0 Å². The van der Waals surface area contributed by atoms with Crippen LogP contribution in [0.15, 0.2) is 0 Å². The smallest absolute Gasteiger partial charge is 0.258 e. The minimum Gasteiger partial charge on any atom is -0.258 e. The first-order valence-electron chi connectivity index (χ1n) is 2.03. The maximum atomic E-state index is 9.76. The summed E-state index contributed by atoms with van der Waals surface area (Å²) in [6, 6.07) is 0. The summed E-state index contributed by atoms with van der Waals surface area (Å²) in [6.07, 6.45) is 0. The van der Waals surface area contributed by atoms with Gasteiger partial charge in [0.1, 0.15) is 6.92 Å². The van der Waals surface area contributed by atoms with Gasteiger partial charge < -0.3 is 0 Å². The fourth-order valence-electron chi connectivity index (χ4n) is 0.0667. The quantitative estimate of drug-likeness (QED) is 0.303. The first-order valence-corrected chi connectivity index (χ1v) is 2.03. The van der Waals surface area contributed by atoms with Crippen molar-refractivity contribution in [3.8, 4) is 0 Å². The minimum absolute atomic E-state index is 0.826. The van der Waals surface area contributed by atoms with E-state index in [2.05, 4.69) is 6.92 Å². The molecule has 0 spiro atoms. The van der Waals surface area contributed by atoms with Gasteiger partial charge in [0.2, 0.25) is 0 Å². The van der Waals surface area contributed by atoms with E-state index in [1.807, 2.05) is 0 Å². The van der Waals surface area contributed by atoms with Crippen molar-refractivity contribution in [3.05, 3.63) is 27.2 Å². The molecule has 0 saturated carbocycles. The number of hydrogen-bond acceptors (Lipinski definition) is 4. The second kappa shape index (κ2) is 1.96. The zero-order valence-corrected chi connectivity index (χ0v) is 4.73. The summed E-state index contributed by atoms with van der Waals surface area (Å²) < 4.78 is 0. The molecule has 1 radical (unpaired) electrons. The maximum Gasteiger partial charge on any atom is 0.456 e. The van der Waals surface area contributed by atoms with Crippen LogP contribution < -0.4 is 0 Å². The summed E-state index contributed by atoms with van der Waals surface area (Å²) >= 11 is 0. The van der Waals surface area contributed by atoms with Crippen molar-refractivity contribution in [2.45, 2.75) is 12.6 Å². The van der Waals surface area contributed by atoms with E-state index in [9.17, 15) is 20.2 Å². The average Bonchev–Trinajstić information content (AvgIpc) is 1.65. The molecule has 0 aromatic heterocycles. The van der Waals surface area contributed by atoms with Crippen LogP contribution >= 0.6 is 0 Å². The summed E-state index contributed by atoms with van der Waals surface area (Å²) in [5, 5.41) is 19.5. The van der Waals surface area contributed by atoms with Crippen LogP contribution in [0.1, 0.15) is 6.92 Å². The Balaban J connectivity index is 4.38. The molecular weight excluding hydrogens is 128 g/mol. The summed E-state index contributed by atoms with van der Waals surface area (Å²) in [7, 11) is 0. The highest BCUT2D eigenvalue weighted by atomic mass is 16.7. The predicted octanol–water partition coefficient (Wildman–Crippen LogP) is 0.0901. The summed E-state index contributed by atoms with van der Waals surface area (Å²) in [4.78, 5) is 17.4. The highest BCUT2D eigenvalue weighted by molar-refractivity contribution is 4.60. The molecule has 0 fully saturated rings. The van der Waals surface area contributed by atoms with E-state index in [0.717, 1.165) is 6.92 Å². The molecule has 51 valence electrons. The van der Waals surface area contributed by atoms with Gasteiger partial charge in [-0.1, -0.05) is 0 Å². The molecule has 0 aliphatic carbocycles. The number of nitro groups is 2. The van der Waals surface area contributed by atoms with Gasteiger partial charge >= 0.3 is 5.66 Å². The molecule has 0 unspecified atom stereocenters. The van der Waals surface area contributed by atoms with Gasteiger partial charge in [0.25, 0.3) is 0 Å². The zero-order valence-electron chi connectivity index (χ0n) is 4.73. The Kier molecular flexibility index (Phi) is 1.70. The molecule has 0 rings (SSSR count). The van der Waals surface area contributed by atoms with E-state index in [1.54, 1.807) is 0 Å². The second-order valence-corrected chi connectivity index (χ2v) is 1.73. The SMILES string of the molecule is [CH2]C(C)([N+](=O)[O-])[N+](=O)[O-]. The van der Waals surface area contributed by atoms with Crippen LogP contribution in [0.25, 0.3) is 0 Å². The molecule has 6 nitrogen and oxygen atoms in total. The molecule has 0 heterocycles. The van der Waals surface area contributed by atoms with Crippen LogP contribution in [0, 0.1) is 27.2 Å². The molecule has 0 amide bonds. The van der Waals surface area contributed by atoms with Crippen LogP contribution in [-0.4, -0.2) is 15.5 Å². The van der Waals surface area contributed by atoms with Crippen LogP contribution in [0.5, 0.6) is 0 Å². The summed E-state index contributed by atoms with van der Waals surface area (Å²) in [5.41, 5.74) is -2.31. The fourth-order valence-corrected chi connectivity index (χ4v) is 0.0667. The number of hydrogen-bond donors (Lipinski definition) is 0. The predicted molar refractivity (Wildman–Crippen MR) is 27.8 cm³/mol. The van der Waals surface area contributed by atoms with Gasteiger partial charge in [-0.3, -0.25) is 20.2 Å². The van der Waals surface area contributed by atoms with E-state index in [1.165, 1.54) is 0 Å². The van der Waals surface area contributed by atoms with Crippen molar-refractivity contribution in [2.75, 3.05) is 0 Å². The fraction of sp³-hybridized carbons (Fsp3) is 0.667. The third-order valence-electron chi connectivity index (χ3n) is 0.787. The lowest BCUT2D eigenvalue weighted by Crippen LogP contribution is -2.39. The lowest BCUT2D eigenvalue weighted by Gasteiger charge is -2.03. The van der Waals surface area contributed by atoms with Gasteiger partial charge in [0.15, 0.2) is 0 Å². The van der Waals surface area contributed by atoms with Gasteiger partial charge in [0.05, 0.1) is 16.8 Å². The topological polar surface area (TPSA) is 86.3 Å². The lowest BCUT2D eigenvalue weighted by atomic mass is 10.3. The van der Waals surface area contributed by atoms with E-state index < -0.39 is 15.5 Å².